The van der Waals surface area contributed by atoms with Gasteiger partial charge in [-0.3, -0.25) is 4.90 Å². The van der Waals surface area contributed by atoms with Crippen molar-refractivity contribution in [2.75, 3.05) is 39.4 Å². The lowest BCUT2D eigenvalue weighted by atomic mass is 9.95. The molecule has 4 atom stereocenters. The SMILES string of the molecule is CCCNC1CCOCC1CN1CC(O)C(O)C1. The van der Waals surface area contributed by atoms with Crippen LogP contribution in [0.5, 0.6) is 0 Å². The van der Waals surface area contributed by atoms with Gasteiger partial charge in [-0.2, -0.15) is 0 Å². The number of likely N-dealkylation sites (tertiary alicyclic amines) is 1. The molecule has 18 heavy (non-hydrogen) atoms. The Labute approximate surface area is 109 Å². The second-order valence-corrected chi connectivity index (χ2v) is 5.54. The van der Waals surface area contributed by atoms with Gasteiger partial charge in [-0.1, -0.05) is 6.92 Å². The molecule has 0 amide bonds. The lowest BCUT2D eigenvalue weighted by molar-refractivity contribution is 0.0178. The van der Waals surface area contributed by atoms with Gasteiger partial charge in [-0.15, -0.1) is 0 Å². The predicted octanol–water partition coefficient (Wildman–Crippen LogP) is -0.571. The average molecular weight is 258 g/mol. The van der Waals surface area contributed by atoms with E-state index in [2.05, 4.69) is 17.1 Å². The number of aliphatic hydroxyl groups is 2. The molecule has 2 aliphatic rings. The maximum atomic E-state index is 9.57. The highest BCUT2D eigenvalue weighted by molar-refractivity contribution is 4.88. The maximum absolute atomic E-state index is 9.57. The van der Waals surface area contributed by atoms with E-state index in [0.717, 1.165) is 39.1 Å². The van der Waals surface area contributed by atoms with Gasteiger partial charge < -0.3 is 20.3 Å². The fraction of sp³-hybridized carbons (Fsp3) is 1.00. The molecule has 0 saturated carbocycles. The van der Waals surface area contributed by atoms with Crippen LogP contribution in [0.3, 0.4) is 0 Å². The first-order valence-electron chi connectivity index (χ1n) is 7.10. The molecular weight excluding hydrogens is 232 g/mol. The van der Waals surface area contributed by atoms with Crippen molar-refractivity contribution < 1.29 is 14.9 Å². The molecule has 0 aliphatic carbocycles. The molecular formula is C13H26N2O3. The third-order valence-electron chi connectivity index (χ3n) is 3.96. The minimum absolute atomic E-state index is 0.461. The fourth-order valence-electron chi connectivity index (χ4n) is 2.90. The molecule has 0 aromatic carbocycles. The molecule has 0 spiro atoms. The zero-order valence-electron chi connectivity index (χ0n) is 11.2. The summed E-state index contributed by atoms with van der Waals surface area (Å²) in [7, 11) is 0. The minimum atomic E-state index is -0.587. The van der Waals surface area contributed by atoms with Gasteiger partial charge in [0.05, 0.1) is 18.8 Å². The molecule has 2 heterocycles. The standard InChI is InChI=1S/C13H26N2O3/c1-2-4-14-11-3-5-18-9-10(11)6-15-7-12(16)13(17)8-15/h10-14,16-17H,2-9H2,1H3. The molecule has 2 rings (SSSR count). The summed E-state index contributed by atoms with van der Waals surface area (Å²) in [6, 6.07) is 0.508. The summed E-state index contributed by atoms with van der Waals surface area (Å²) >= 11 is 0. The number of hydrogen-bond donors (Lipinski definition) is 3. The second-order valence-electron chi connectivity index (χ2n) is 5.54. The topological polar surface area (TPSA) is 65.0 Å². The first kappa shape index (κ1) is 14.2. The highest BCUT2D eigenvalue weighted by Gasteiger charge is 2.33. The van der Waals surface area contributed by atoms with Gasteiger partial charge in [0.25, 0.3) is 0 Å². The van der Waals surface area contributed by atoms with Crippen molar-refractivity contribution in [2.24, 2.45) is 5.92 Å². The van der Waals surface area contributed by atoms with Crippen molar-refractivity contribution in [1.82, 2.24) is 10.2 Å². The Bertz CT molecular complexity index is 242. The molecule has 0 bridgehead atoms. The molecule has 4 unspecified atom stereocenters. The first-order valence-corrected chi connectivity index (χ1v) is 7.10. The van der Waals surface area contributed by atoms with Crippen LogP contribution < -0.4 is 5.32 Å². The van der Waals surface area contributed by atoms with Crippen LogP contribution in [-0.4, -0.2) is 72.8 Å². The molecule has 3 N–H and O–H groups in total. The first-order chi connectivity index (χ1) is 8.70. The van der Waals surface area contributed by atoms with Crippen molar-refractivity contribution in [1.29, 1.82) is 0 Å². The molecule has 0 aromatic heterocycles. The van der Waals surface area contributed by atoms with E-state index in [-0.39, 0.29) is 0 Å². The summed E-state index contributed by atoms with van der Waals surface area (Å²) in [4.78, 5) is 2.15. The monoisotopic (exact) mass is 258 g/mol. The van der Waals surface area contributed by atoms with E-state index < -0.39 is 12.2 Å². The van der Waals surface area contributed by atoms with Gasteiger partial charge in [0.15, 0.2) is 0 Å². The molecule has 0 radical (unpaired) electrons. The highest BCUT2D eigenvalue weighted by atomic mass is 16.5. The molecule has 2 aliphatic heterocycles. The quantitative estimate of drug-likeness (QED) is 0.616. The molecule has 2 saturated heterocycles. The second kappa shape index (κ2) is 6.82. The van der Waals surface area contributed by atoms with Crippen LogP contribution in [0, 0.1) is 5.92 Å². The Morgan fingerprint density at radius 1 is 1.28 bits per heavy atom. The zero-order valence-corrected chi connectivity index (χ0v) is 11.2. The number of nitrogens with one attached hydrogen (secondary N) is 1. The van der Waals surface area contributed by atoms with Gasteiger partial charge >= 0.3 is 0 Å². The van der Waals surface area contributed by atoms with Crippen LogP contribution in [0.1, 0.15) is 19.8 Å². The van der Waals surface area contributed by atoms with E-state index in [4.69, 9.17) is 4.74 Å². The van der Waals surface area contributed by atoms with E-state index in [1.54, 1.807) is 0 Å². The van der Waals surface area contributed by atoms with E-state index in [1.807, 2.05) is 0 Å². The van der Waals surface area contributed by atoms with Gasteiger partial charge in [-0.05, 0) is 19.4 Å². The largest absolute Gasteiger partial charge is 0.389 e. The van der Waals surface area contributed by atoms with E-state index in [1.165, 1.54) is 0 Å². The lowest BCUT2D eigenvalue weighted by Gasteiger charge is -2.34. The number of ether oxygens (including phenoxy) is 1. The summed E-state index contributed by atoms with van der Waals surface area (Å²) in [5, 5.41) is 22.7. The minimum Gasteiger partial charge on any atom is -0.389 e. The number of nitrogens with zero attached hydrogens (tertiary/aromatic N) is 1. The summed E-state index contributed by atoms with van der Waals surface area (Å²) in [6.45, 7) is 6.90. The molecule has 0 aromatic rings. The van der Waals surface area contributed by atoms with Crippen LogP contribution in [0.4, 0.5) is 0 Å². The van der Waals surface area contributed by atoms with E-state index >= 15 is 0 Å². The lowest BCUT2D eigenvalue weighted by Crippen LogP contribution is -2.47. The average Bonchev–Trinajstić information content (AvgIpc) is 2.67. The Morgan fingerprint density at radius 3 is 2.67 bits per heavy atom. The van der Waals surface area contributed by atoms with Gasteiger partial charge in [0.2, 0.25) is 0 Å². The van der Waals surface area contributed by atoms with Crippen LogP contribution >= 0.6 is 0 Å². The number of aliphatic hydroxyl groups excluding tert-OH is 2. The Kier molecular flexibility index (Phi) is 5.38. The molecule has 2 fully saturated rings. The van der Waals surface area contributed by atoms with E-state index in [9.17, 15) is 10.2 Å². The molecule has 106 valence electrons. The van der Waals surface area contributed by atoms with Crippen LogP contribution in [0.25, 0.3) is 0 Å². The van der Waals surface area contributed by atoms with Crippen molar-refractivity contribution in [2.45, 2.75) is 38.0 Å². The molecule has 5 heteroatoms. The zero-order chi connectivity index (χ0) is 13.0. The van der Waals surface area contributed by atoms with Gasteiger partial charge in [0.1, 0.15) is 0 Å². The smallest absolute Gasteiger partial charge is 0.0938 e. The maximum Gasteiger partial charge on any atom is 0.0938 e. The normalized spacial score (nSPS) is 38.2. The number of rotatable bonds is 5. The third-order valence-corrected chi connectivity index (χ3v) is 3.96. The Hall–Kier alpha value is -0.200. The van der Waals surface area contributed by atoms with Crippen LogP contribution in [-0.2, 0) is 4.74 Å². The van der Waals surface area contributed by atoms with Crippen molar-refractivity contribution in [3.05, 3.63) is 0 Å². The third kappa shape index (κ3) is 3.65. The Morgan fingerprint density at radius 2 is 2.00 bits per heavy atom. The summed E-state index contributed by atoms with van der Waals surface area (Å²) < 4.78 is 5.56. The van der Waals surface area contributed by atoms with E-state index in [0.29, 0.717) is 25.0 Å². The number of hydrogen-bond acceptors (Lipinski definition) is 5. The van der Waals surface area contributed by atoms with Crippen LogP contribution in [0.15, 0.2) is 0 Å². The van der Waals surface area contributed by atoms with Crippen molar-refractivity contribution in [3.8, 4) is 0 Å². The van der Waals surface area contributed by atoms with Gasteiger partial charge in [-0.25, -0.2) is 0 Å². The predicted molar refractivity (Wildman–Crippen MR) is 69.5 cm³/mol. The highest BCUT2D eigenvalue weighted by Crippen LogP contribution is 2.19. The fourth-order valence-corrected chi connectivity index (χ4v) is 2.90. The van der Waals surface area contributed by atoms with Crippen LogP contribution in [0.2, 0.25) is 0 Å². The molecule has 5 nitrogen and oxygen atoms in total. The van der Waals surface area contributed by atoms with Crippen molar-refractivity contribution >= 4 is 0 Å². The van der Waals surface area contributed by atoms with Gasteiger partial charge in [0, 0.05) is 38.2 Å². The number of β-amino-alcohol motifs (C(OH)–C–C–N with tert-alkyl or cyclic N) is 2. The summed E-state index contributed by atoms with van der Waals surface area (Å²) in [5.74, 6) is 0.461. The Balaban J connectivity index is 1.81. The van der Waals surface area contributed by atoms with Crippen molar-refractivity contribution in [3.63, 3.8) is 0 Å². The summed E-state index contributed by atoms with van der Waals surface area (Å²) in [5.41, 5.74) is 0. The summed E-state index contributed by atoms with van der Waals surface area (Å²) in [6.07, 6.45) is 1.03.